The Morgan fingerprint density at radius 3 is 2.58 bits per heavy atom. The molecule has 3 rings (SSSR count). The fourth-order valence-corrected chi connectivity index (χ4v) is 4.16. The molecule has 2 N–H and O–H groups in total. The Kier molecular flexibility index (Phi) is 4.90. The number of fused-ring (bicyclic) bond motifs is 1. The van der Waals surface area contributed by atoms with Crippen molar-refractivity contribution in [2.75, 3.05) is 0 Å². The summed E-state index contributed by atoms with van der Waals surface area (Å²) in [6.45, 7) is 6.11. The van der Waals surface area contributed by atoms with Crippen LogP contribution in [-0.2, 0) is 16.6 Å². The fourth-order valence-electron chi connectivity index (χ4n) is 2.47. The first-order valence-corrected chi connectivity index (χ1v) is 10.1. The first kappa shape index (κ1) is 18.2. The predicted molar refractivity (Wildman–Crippen MR) is 102 cm³/mol. The quantitative estimate of drug-likeness (QED) is 0.697. The Balaban J connectivity index is 2.17. The van der Waals surface area contributed by atoms with Crippen LogP contribution in [0, 0.1) is 6.92 Å². The third-order valence-corrected chi connectivity index (χ3v) is 5.74. The van der Waals surface area contributed by atoms with Crippen LogP contribution in [0.1, 0.15) is 15.9 Å². The molecule has 0 fully saturated rings. The lowest BCUT2D eigenvalue weighted by atomic mass is 10.1. The minimum Gasteiger partial charge on any atom is -0.312 e. The summed E-state index contributed by atoms with van der Waals surface area (Å²) in [7, 11) is -3.80. The molecule has 0 aliphatic heterocycles. The molecule has 0 bridgehead atoms. The van der Waals surface area contributed by atoms with E-state index in [4.69, 9.17) is 5.14 Å². The minimum absolute atomic E-state index is 0.0217. The van der Waals surface area contributed by atoms with Crippen molar-refractivity contribution in [3.05, 3.63) is 71.0 Å². The number of carbonyl (C=O) groups excluding carboxylic acids is 1. The molecule has 0 spiro atoms. The maximum atomic E-state index is 12.5. The van der Waals surface area contributed by atoms with Crippen molar-refractivity contribution in [2.45, 2.75) is 18.4 Å². The molecule has 0 radical (unpaired) electrons. The van der Waals surface area contributed by atoms with E-state index in [2.05, 4.69) is 11.6 Å². The van der Waals surface area contributed by atoms with Gasteiger partial charge >= 0.3 is 0 Å². The number of hydrogen-bond acceptors (Lipinski definition) is 4. The molecule has 0 atom stereocenters. The number of sulfonamides is 1. The van der Waals surface area contributed by atoms with Gasteiger partial charge in [-0.1, -0.05) is 35.1 Å². The minimum atomic E-state index is -3.80. The van der Waals surface area contributed by atoms with Crippen LogP contribution in [0.3, 0.4) is 0 Å². The van der Waals surface area contributed by atoms with E-state index in [1.54, 1.807) is 24.3 Å². The highest BCUT2D eigenvalue weighted by atomic mass is 32.2. The highest BCUT2D eigenvalue weighted by molar-refractivity contribution is 7.89. The van der Waals surface area contributed by atoms with Crippen LogP contribution in [0.5, 0.6) is 0 Å². The summed E-state index contributed by atoms with van der Waals surface area (Å²) in [4.78, 5) is 17.2. The summed E-state index contributed by atoms with van der Waals surface area (Å²) < 4.78 is 25.6. The van der Waals surface area contributed by atoms with Crippen LogP contribution in [0.15, 0.2) is 65.0 Å². The summed E-state index contributed by atoms with van der Waals surface area (Å²) in [5.74, 6) is -0.360. The van der Waals surface area contributed by atoms with Gasteiger partial charge in [-0.05, 0) is 37.3 Å². The summed E-state index contributed by atoms with van der Waals surface area (Å²) in [5.41, 5.74) is 2.31. The molecule has 2 aromatic carbocycles. The Hall–Kier alpha value is -2.55. The summed E-state index contributed by atoms with van der Waals surface area (Å²) in [6, 6.07) is 11.7. The summed E-state index contributed by atoms with van der Waals surface area (Å²) in [5, 5.41) is 5.20. The molecule has 3 aromatic rings. The largest absolute Gasteiger partial charge is 0.312 e. The molecule has 0 saturated heterocycles. The normalized spacial score (nSPS) is 12.5. The van der Waals surface area contributed by atoms with Crippen molar-refractivity contribution in [3.8, 4) is 0 Å². The standard InChI is InChI=1S/C18H17N3O3S2/c1-3-10-21-15-9-8-14(26(19,23)24)11-16(15)25-18(21)20-17(22)13-6-4-12(2)5-7-13/h3-9,11H,1,10H2,2H3,(H2,19,23,24). The summed E-state index contributed by atoms with van der Waals surface area (Å²) >= 11 is 1.23. The van der Waals surface area contributed by atoms with Crippen molar-refractivity contribution in [1.82, 2.24) is 4.57 Å². The fraction of sp³-hybridized carbons (Fsp3) is 0.111. The third kappa shape index (κ3) is 3.67. The van der Waals surface area contributed by atoms with Gasteiger partial charge < -0.3 is 4.57 Å². The van der Waals surface area contributed by atoms with Crippen LogP contribution in [0.25, 0.3) is 10.2 Å². The van der Waals surface area contributed by atoms with Crippen molar-refractivity contribution in [3.63, 3.8) is 0 Å². The Morgan fingerprint density at radius 2 is 1.96 bits per heavy atom. The number of rotatable bonds is 4. The highest BCUT2D eigenvalue weighted by Gasteiger charge is 2.13. The lowest BCUT2D eigenvalue weighted by molar-refractivity contribution is 0.0998. The Morgan fingerprint density at radius 1 is 1.27 bits per heavy atom. The molecule has 0 aliphatic rings. The zero-order valence-electron chi connectivity index (χ0n) is 14.0. The van der Waals surface area contributed by atoms with Crippen molar-refractivity contribution >= 4 is 37.5 Å². The van der Waals surface area contributed by atoms with E-state index in [-0.39, 0.29) is 10.8 Å². The SMILES string of the molecule is C=CCn1c(=NC(=O)c2ccc(C)cc2)sc2cc(S(N)(=O)=O)ccc21. The topological polar surface area (TPSA) is 94.5 Å². The number of aromatic nitrogens is 1. The monoisotopic (exact) mass is 387 g/mol. The van der Waals surface area contributed by atoms with Crippen LogP contribution in [-0.4, -0.2) is 18.9 Å². The van der Waals surface area contributed by atoms with E-state index >= 15 is 0 Å². The van der Waals surface area contributed by atoms with Gasteiger partial charge in [-0.2, -0.15) is 4.99 Å². The molecule has 8 heteroatoms. The summed E-state index contributed by atoms with van der Waals surface area (Å²) in [6.07, 6.45) is 1.69. The van der Waals surface area contributed by atoms with Crippen molar-refractivity contribution in [2.24, 2.45) is 10.1 Å². The van der Waals surface area contributed by atoms with E-state index in [0.717, 1.165) is 11.1 Å². The number of primary sulfonamides is 1. The van der Waals surface area contributed by atoms with Gasteiger partial charge in [-0.3, -0.25) is 4.79 Å². The molecular weight excluding hydrogens is 370 g/mol. The van der Waals surface area contributed by atoms with Crippen LogP contribution < -0.4 is 9.94 Å². The number of thiazole rings is 1. The first-order valence-electron chi connectivity index (χ1n) is 7.72. The van der Waals surface area contributed by atoms with Gasteiger partial charge in [-0.15, -0.1) is 6.58 Å². The third-order valence-electron chi connectivity index (χ3n) is 3.79. The second-order valence-electron chi connectivity index (χ2n) is 5.74. The average Bonchev–Trinajstić information content (AvgIpc) is 2.92. The maximum Gasteiger partial charge on any atom is 0.279 e. The number of carbonyl (C=O) groups is 1. The number of amides is 1. The molecule has 6 nitrogen and oxygen atoms in total. The molecule has 134 valence electrons. The van der Waals surface area contributed by atoms with Crippen molar-refractivity contribution < 1.29 is 13.2 Å². The van der Waals surface area contributed by atoms with Gasteiger partial charge in [0.15, 0.2) is 4.80 Å². The second-order valence-corrected chi connectivity index (χ2v) is 8.31. The van der Waals surface area contributed by atoms with Gasteiger partial charge in [0.25, 0.3) is 5.91 Å². The van der Waals surface area contributed by atoms with Gasteiger partial charge in [0, 0.05) is 12.1 Å². The second kappa shape index (κ2) is 6.99. The molecular formula is C18H17N3O3S2. The number of benzene rings is 2. The van der Waals surface area contributed by atoms with E-state index in [1.165, 1.54) is 23.5 Å². The first-order chi connectivity index (χ1) is 12.3. The molecule has 1 amide bonds. The van der Waals surface area contributed by atoms with E-state index in [1.807, 2.05) is 23.6 Å². The molecule has 0 saturated carbocycles. The lowest BCUT2D eigenvalue weighted by Crippen LogP contribution is -2.16. The van der Waals surface area contributed by atoms with Gasteiger partial charge in [0.2, 0.25) is 10.0 Å². The van der Waals surface area contributed by atoms with Gasteiger partial charge in [0.05, 0.1) is 15.1 Å². The molecule has 1 heterocycles. The highest BCUT2D eigenvalue weighted by Crippen LogP contribution is 2.21. The van der Waals surface area contributed by atoms with Crippen LogP contribution in [0.4, 0.5) is 0 Å². The van der Waals surface area contributed by atoms with Gasteiger partial charge in [-0.25, -0.2) is 13.6 Å². The number of nitrogens with two attached hydrogens (primary N) is 1. The molecule has 0 unspecified atom stereocenters. The number of allylic oxidation sites excluding steroid dienone is 1. The van der Waals surface area contributed by atoms with Crippen molar-refractivity contribution in [1.29, 1.82) is 0 Å². The molecule has 26 heavy (non-hydrogen) atoms. The average molecular weight is 387 g/mol. The lowest BCUT2D eigenvalue weighted by Gasteiger charge is -2.02. The molecule has 1 aromatic heterocycles. The van der Waals surface area contributed by atoms with E-state index < -0.39 is 10.0 Å². The Labute approximate surface area is 155 Å². The molecule has 0 aliphatic carbocycles. The van der Waals surface area contributed by atoms with Crippen LogP contribution in [0.2, 0.25) is 0 Å². The Bertz CT molecular complexity index is 1170. The van der Waals surface area contributed by atoms with Crippen LogP contribution >= 0.6 is 11.3 Å². The zero-order chi connectivity index (χ0) is 18.9. The predicted octanol–water partition coefficient (Wildman–Crippen LogP) is 2.59. The number of nitrogens with zero attached hydrogens (tertiary/aromatic N) is 2. The number of aryl methyl sites for hydroxylation is 1. The number of hydrogen-bond donors (Lipinski definition) is 1. The van der Waals surface area contributed by atoms with E-state index in [0.29, 0.717) is 21.6 Å². The van der Waals surface area contributed by atoms with Gasteiger partial charge in [0.1, 0.15) is 0 Å². The smallest absolute Gasteiger partial charge is 0.279 e. The zero-order valence-corrected chi connectivity index (χ0v) is 15.7. The maximum absolute atomic E-state index is 12.5. The van der Waals surface area contributed by atoms with E-state index in [9.17, 15) is 13.2 Å².